The number of nitrogens with two attached hydrogens (primary N) is 2. The van der Waals surface area contributed by atoms with Crippen LogP contribution < -0.4 is 11.5 Å². The molecule has 0 unspecified atom stereocenters. The van der Waals surface area contributed by atoms with Crippen molar-refractivity contribution in [3.05, 3.63) is 35.5 Å². The summed E-state index contributed by atoms with van der Waals surface area (Å²) >= 11 is 5.72. The van der Waals surface area contributed by atoms with Crippen molar-refractivity contribution in [3.8, 4) is 0 Å². The first-order valence-corrected chi connectivity index (χ1v) is 7.06. The number of hydrogen-bond acceptors (Lipinski definition) is 4. The predicted octanol–water partition coefficient (Wildman–Crippen LogP) is 0.965. The van der Waals surface area contributed by atoms with Crippen LogP contribution in [0, 0.1) is 0 Å². The minimum Gasteiger partial charge on any atom is -0.403 e. The number of rotatable bonds is 4. The maximum atomic E-state index is 12.1. The molecular weight excluding hydrogens is 288 g/mol. The Kier molecular flexibility index (Phi) is 4.93. The average molecular weight is 303 g/mol. The van der Waals surface area contributed by atoms with Crippen molar-refractivity contribution >= 4 is 33.1 Å². The van der Waals surface area contributed by atoms with Gasteiger partial charge in [0.15, 0.2) is 0 Å². The third kappa shape index (κ3) is 3.46. The van der Waals surface area contributed by atoms with Crippen LogP contribution in [0.15, 0.2) is 45.4 Å². The maximum Gasteiger partial charge on any atom is 0.244 e. The molecule has 1 rings (SSSR count). The van der Waals surface area contributed by atoms with Crippen LogP contribution in [0.3, 0.4) is 0 Å². The number of aliphatic imine (C=N–C) groups is 1. The van der Waals surface area contributed by atoms with E-state index in [4.69, 9.17) is 23.1 Å². The van der Waals surface area contributed by atoms with Crippen molar-refractivity contribution in [1.82, 2.24) is 4.31 Å². The molecule has 6 nitrogen and oxygen atoms in total. The molecule has 0 fully saturated rings. The molecule has 0 atom stereocenters. The summed E-state index contributed by atoms with van der Waals surface area (Å²) in [5.74, 6) is -0.0504. The molecule has 0 amide bonds. The highest BCUT2D eigenvalue weighted by Crippen LogP contribution is 2.26. The quantitative estimate of drug-likeness (QED) is 0.639. The zero-order chi connectivity index (χ0) is 14.6. The standard InChI is InChI=1S/C11H15ClN4O2S/c1-16(2)19(17,18)10-6-4-3-5-9(10)15-11(14)8(12)7-13/h3-7H,13H2,1-2H3,(H2,14,15). The summed E-state index contributed by atoms with van der Waals surface area (Å²) in [6.07, 6.45) is 1.09. The third-order valence-corrected chi connectivity index (χ3v) is 4.44. The highest BCUT2D eigenvalue weighted by molar-refractivity contribution is 7.89. The topological polar surface area (TPSA) is 102 Å². The molecule has 0 saturated heterocycles. The van der Waals surface area contributed by atoms with Crippen molar-refractivity contribution in [2.24, 2.45) is 16.5 Å². The summed E-state index contributed by atoms with van der Waals surface area (Å²) in [4.78, 5) is 4.03. The molecule has 4 N–H and O–H groups in total. The first kappa shape index (κ1) is 15.5. The van der Waals surface area contributed by atoms with Gasteiger partial charge in [0.2, 0.25) is 10.0 Å². The van der Waals surface area contributed by atoms with Gasteiger partial charge in [-0.3, -0.25) is 0 Å². The van der Waals surface area contributed by atoms with Crippen LogP contribution in [-0.4, -0.2) is 32.7 Å². The van der Waals surface area contributed by atoms with E-state index in [-0.39, 0.29) is 21.5 Å². The fraction of sp³-hybridized carbons (Fsp3) is 0.182. The van der Waals surface area contributed by atoms with Crippen LogP contribution in [0.2, 0.25) is 0 Å². The third-order valence-electron chi connectivity index (χ3n) is 2.26. The van der Waals surface area contributed by atoms with E-state index >= 15 is 0 Å². The van der Waals surface area contributed by atoms with Gasteiger partial charge in [-0.05, 0) is 12.1 Å². The number of amidine groups is 1. The smallest absolute Gasteiger partial charge is 0.244 e. The molecule has 0 aliphatic rings. The van der Waals surface area contributed by atoms with E-state index in [1.54, 1.807) is 12.1 Å². The molecule has 1 aromatic rings. The van der Waals surface area contributed by atoms with Crippen LogP contribution >= 0.6 is 11.6 Å². The Bertz CT molecular complexity index is 623. The monoisotopic (exact) mass is 302 g/mol. The minimum absolute atomic E-state index is 0.0458. The molecule has 0 spiro atoms. The molecule has 104 valence electrons. The highest BCUT2D eigenvalue weighted by atomic mass is 35.5. The Morgan fingerprint density at radius 1 is 1.37 bits per heavy atom. The number of para-hydroxylation sites is 1. The lowest BCUT2D eigenvalue weighted by Gasteiger charge is -2.13. The van der Waals surface area contributed by atoms with Gasteiger partial charge in [0.05, 0.1) is 10.7 Å². The second kappa shape index (κ2) is 6.05. The number of sulfonamides is 1. The Hall–Kier alpha value is -1.57. The molecule has 1 aromatic carbocycles. The molecule has 8 heteroatoms. The fourth-order valence-electron chi connectivity index (χ4n) is 1.23. The summed E-state index contributed by atoms with van der Waals surface area (Å²) in [5.41, 5.74) is 11.0. The molecule has 0 bridgehead atoms. The van der Waals surface area contributed by atoms with E-state index in [9.17, 15) is 8.42 Å². The summed E-state index contributed by atoms with van der Waals surface area (Å²) in [6.45, 7) is 0. The van der Waals surface area contributed by atoms with Gasteiger partial charge >= 0.3 is 0 Å². The van der Waals surface area contributed by atoms with Crippen LogP contribution in [0.4, 0.5) is 5.69 Å². The summed E-state index contributed by atoms with van der Waals surface area (Å²) in [7, 11) is -0.736. The van der Waals surface area contributed by atoms with Crippen LogP contribution in [-0.2, 0) is 10.0 Å². The van der Waals surface area contributed by atoms with E-state index in [0.29, 0.717) is 0 Å². The molecule has 0 aliphatic heterocycles. The Morgan fingerprint density at radius 3 is 2.47 bits per heavy atom. The van der Waals surface area contributed by atoms with Crippen molar-refractivity contribution in [3.63, 3.8) is 0 Å². The lowest BCUT2D eigenvalue weighted by Crippen LogP contribution is -2.22. The predicted molar refractivity (Wildman–Crippen MR) is 76.7 cm³/mol. The van der Waals surface area contributed by atoms with E-state index in [1.165, 1.54) is 26.2 Å². The average Bonchev–Trinajstić information content (AvgIpc) is 2.37. The van der Waals surface area contributed by atoms with Crippen molar-refractivity contribution in [2.75, 3.05) is 14.1 Å². The van der Waals surface area contributed by atoms with Gasteiger partial charge in [-0.15, -0.1) is 0 Å². The molecule has 0 aromatic heterocycles. The largest absolute Gasteiger partial charge is 0.403 e. The summed E-state index contributed by atoms with van der Waals surface area (Å²) < 4.78 is 25.3. The second-order valence-corrected chi connectivity index (χ2v) is 6.29. The maximum absolute atomic E-state index is 12.1. The Morgan fingerprint density at radius 2 is 1.95 bits per heavy atom. The van der Waals surface area contributed by atoms with Crippen molar-refractivity contribution in [1.29, 1.82) is 0 Å². The Labute approximate surface area is 117 Å². The minimum atomic E-state index is -3.61. The van der Waals surface area contributed by atoms with Crippen molar-refractivity contribution < 1.29 is 8.42 Å². The van der Waals surface area contributed by atoms with Gasteiger partial charge in [-0.2, -0.15) is 0 Å². The zero-order valence-electron chi connectivity index (χ0n) is 10.5. The number of hydrogen-bond donors (Lipinski definition) is 2. The van der Waals surface area contributed by atoms with E-state index < -0.39 is 10.0 Å². The molecular formula is C11H15ClN4O2S. The Balaban J connectivity index is 3.41. The lowest BCUT2D eigenvalue weighted by atomic mass is 10.3. The summed E-state index contributed by atoms with van der Waals surface area (Å²) in [5, 5.41) is 0.0528. The van der Waals surface area contributed by atoms with Crippen LogP contribution in [0.25, 0.3) is 0 Å². The van der Waals surface area contributed by atoms with Gasteiger partial charge < -0.3 is 11.5 Å². The van der Waals surface area contributed by atoms with E-state index in [0.717, 1.165) is 10.5 Å². The van der Waals surface area contributed by atoms with Gasteiger partial charge in [0.25, 0.3) is 0 Å². The fourth-order valence-corrected chi connectivity index (χ4v) is 2.30. The molecule has 0 heterocycles. The van der Waals surface area contributed by atoms with Crippen LogP contribution in [0.1, 0.15) is 0 Å². The second-order valence-electron chi connectivity index (χ2n) is 3.77. The van der Waals surface area contributed by atoms with E-state index in [1.807, 2.05) is 0 Å². The summed E-state index contributed by atoms with van der Waals surface area (Å²) in [6, 6.07) is 6.23. The molecule has 19 heavy (non-hydrogen) atoms. The van der Waals surface area contributed by atoms with E-state index in [2.05, 4.69) is 4.99 Å². The van der Waals surface area contributed by atoms with Crippen LogP contribution in [0.5, 0.6) is 0 Å². The van der Waals surface area contributed by atoms with Gasteiger partial charge in [-0.1, -0.05) is 23.7 Å². The molecule has 0 radical (unpaired) electrons. The van der Waals surface area contributed by atoms with Gasteiger partial charge in [0, 0.05) is 20.3 Å². The number of benzene rings is 1. The first-order valence-electron chi connectivity index (χ1n) is 5.24. The zero-order valence-corrected chi connectivity index (χ0v) is 12.1. The highest BCUT2D eigenvalue weighted by Gasteiger charge is 2.20. The number of halogens is 1. The molecule has 0 aliphatic carbocycles. The SMILES string of the molecule is CN(C)S(=O)(=O)c1ccccc1N=C(N)C(Cl)=CN. The first-order chi connectivity index (χ1) is 8.80. The van der Waals surface area contributed by atoms with Gasteiger partial charge in [0.1, 0.15) is 10.7 Å². The number of nitrogens with zero attached hydrogens (tertiary/aromatic N) is 2. The molecule has 0 saturated carbocycles. The van der Waals surface area contributed by atoms with Gasteiger partial charge in [-0.25, -0.2) is 17.7 Å². The lowest BCUT2D eigenvalue weighted by molar-refractivity contribution is 0.521. The normalized spacial score (nSPS) is 13.9. The van der Waals surface area contributed by atoms with Crippen molar-refractivity contribution in [2.45, 2.75) is 4.90 Å².